The molecule has 0 aliphatic heterocycles. The van der Waals surface area contributed by atoms with Crippen LogP contribution in [0.1, 0.15) is 24.1 Å². The lowest BCUT2D eigenvalue weighted by molar-refractivity contribution is 0.388. The van der Waals surface area contributed by atoms with E-state index in [9.17, 15) is 5.11 Å². The Morgan fingerprint density at radius 2 is 2.33 bits per heavy atom. The van der Waals surface area contributed by atoms with E-state index >= 15 is 0 Å². The Balaban J connectivity index is 2.17. The van der Waals surface area contributed by atoms with Gasteiger partial charge < -0.3 is 10.8 Å². The quantitative estimate of drug-likeness (QED) is 0.842. The molecule has 0 saturated carbocycles. The number of nitrogens with zero attached hydrogens (tertiary/aromatic N) is 3. The Hall–Kier alpha value is -2.14. The highest BCUT2D eigenvalue weighted by atomic mass is 16.3. The van der Waals surface area contributed by atoms with Crippen LogP contribution in [-0.2, 0) is 6.54 Å². The largest absolute Gasteiger partial charge is 0.512 e. The van der Waals surface area contributed by atoms with E-state index in [0.29, 0.717) is 18.7 Å². The number of hydrogen-bond acceptors (Lipinski definition) is 4. The van der Waals surface area contributed by atoms with Crippen LogP contribution in [0, 0.1) is 0 Å². The molecule has 0 bridgehead atoms. The first kappa shape index (κ1) is 11.0. The molecule has 5 nitrogen and oxygen atoms in total. The van der Waals surface area contributed by atoms with Crippen molar-refractivity contribution < 1.29 is 5.11 Å². The number of fused-ring (bicyclic) bond motifs is 1. The molecule has 0 fully saturated rings. The second kappa shape index (κ2) is 4.27. The Morgan fingerprint density at radius 3 is 3.11 bits per heavy atom. The van der Waals surface area contributed by atoms with E-state index in [1.807, 2.05) is 6.07 Å². The minimum absolute atomic E-state index is 0.392. The summed E-state index contributed by atoms with van der Waals surface area (Å²) < 4.78 is 1.72. The van der Waals surface area contributed by atoms with Crippen molar-refractivity contribution in [2.75, 3.05) is 0 Å². The highest BCUT2D eigenvalue weighted by molar-refractivity contribution is 5.75. The van der Waals surface area contributed by atoms with Gasteiger partial charge >= 0.3 is 0 Å². The number of rotatable bonds is 2. The molecule has 92 valence electrons. The lowest BCUT2D eigenvalue weighted by Gasteiger charge is -2.12. The van der Waals surface area contributed by atoms with Crippen molar-refractivity contribution in [1.29, 1.82) is 0 Å². The first-order valence-electron chi connectivity index (χ1n) is 5.91. The maximum absolute atomic E-state index is 9.62. The van der Waals surface area contributed by atoms with Crippen molar-refractivity contribution in [2.24, 2.45) is 5.73 Å². The lowest BCUT2D eigenvalue weighted by atomic mass is 9.99. The van der Waals surface area contributed by atoms with Crippen molar-refractivity contribution in [3.05, 3.63) is 47.6 Å². The number of aromatic nitrogens is 3. The summed E-state index contributed by atoms with van der Waals surface area (Å²) in [6.45, 7) is 0.400. The van der Waals surface area contributed by atoms with Crippen LogP contribution in [0.3, 0.4) is 0 Å². The summed E-state index contributed by atoms with van der Waals surface area (Å²) in [7, 11) is 0. The van der Waals surface area contributed by atoms with E-state index in [1.165, 1.54) is 0 Å². The molecule has 2 aromatic heterocycles. The molecular weight excluding hydrogens is 228 g/mol. The van der Waals surface area contributed by atoms with Crippen molar-refractivity contribution in [3.63, 3.8) is 0 Å². The van der Waals surface area contributed by atoms with E-state index in [-0.39, 0.29) is 0 Å². The molecule has 18 heavy (non-hydrogen) atoms. The van der Waals surface area contributed by atoms with Gasteiger partial charge in [0.15, 0.2) is 5.65 Å². The first-order chi connectivity index (χ1) is 8.78. The van der Waals surface area contributed by atoms with Gasteiger partial charge in [-0.3, -0.25) is 0 Å². The molecule has 0 amide bonds. The molecule has 0 unspecified atom stereocenters. The normalized spacial score (nSPS) is 15.6. The van der Waals surface area contributed by atoms with Gasteiger partial charge in [0, 0.05) is 30.9 Å². The van der Waals surface area contributed by atoms with Gasteiger partial charge in [-0.05, 0) is 24.1 Å². The zero-order valence-corrected chi connectivity index (χ0v) is 9.87. The maximum Gasteiger partial charge on any atom is 0.153 e. The fraction of sp³-hybridized carbons (Fsp3) is 0.231. The van der Waals surface area contributed by atoms with Gasteiger partial charge in [-0.25, -0.2) is 9.50 Å². The summed E-state index contributed by atoms with van der Waals surface area (Å²) in [5.74, 6) is 0.392. The highest BCUT2D eigenvalue weighted by Crippen LogP contribution is 2.25. The monoisotopic (exact) mass is 242 g/mol. The van der Waals surface area contributed by atoms with Gasteiger partial charge in [-0.15, -0.1) is 0 Å². The molecule has 0 aromatic carbocycles. The van der Waals surface area contributed by atoms with Gasteiger partial charge in [0.1, 0.15) is 0 Å². The molecule has 1 aliphatic carbocycles. The lowest BCUT2D eigenvalue weighted by Crippen LogP contribution is -2.07. The number of allylic oxidation sites excluding steroid dienone is 4. The predicted molar refractivity (Wildman–Crippen MR) is 68.8 cm³/mol. The average Bonchev–Trinajstić information content (AvgIpc) is 2.84. The van der Waals surface area contributed by atoms with Gasteiger partial charge in [0.2, 0.25) is 0 Å². The van der Waals surface area contributed by atoms with Crippen LogP contribution < -0.4 is 5.73 Å². The van der Waals surface area contributed by atoms with Crippen LogP contribution in [0.4, 0.5) is 0 Å². The van der Waals surface area contributed by atoms with Gasteiger partial charge in [-0.2, -0.15) is 5.10 Å². The van der Waals surface area contributed by atoms with Gasteiger partial charge in [0.25, 0.3) is 0 Å². The Labute approximate surface area is 104 Å². The van der Waals surface area contributed by atoms with Crippen LogP contribution in [0.25, 0.3) is 11.2 Å². The third-order valence-corrected chi connectivity index (χ3v) is 3.04. The number of aliphatic hydroxyl groups is 1. The summed E-state index contributed by atoms with van der Waals surface area (Å²) in [5, 5.41) is 14.1. The minimum atomic E-state index is 0.392. The van der Waals surface area contributed by atoms with E-state index in [0.717, 1.165) is 28.9 Å². The maximum atomic E-state index is 9.62. The van der Waals surface area contributed by atoms with Crippen molar-refractivity contribution in [1.82, 2.24) is 14.6 Å². The zero-order chi connectivity index (χ0) is 12.5. The standard InChI is InChI=1S/C13H14N4O/c14-8-10-7-12-15-4-5-17(12)16-13(10)9-2-1-3-11(18)6-9/h2,4-7,18H,1,3,8,14H2. The molecule has 1 aliphatic rings. The van der Waals surface area contributed by atoms with Crippen LogP contribution in [0.15, 0.2) is 36.4 Å². The average molecular weight is 242 g/mol. The smallest absolute Gasteiger partial charge is 0.153 e. The summed E-state index contributed by atoms with van der Waals surface area (Å²) in [6, 6.07) is 1.93. The molecule has 0 atom stereocenters. The van der Waals surface area contributed by atoms with Crippen molar-refractivity contribution in [2.45, 2.75) is 19.4 Å². The van der Waals surface area contributed by atoms with E-state index in [4.69, 9.17) is 5.73 Å². The third kappa shape index (κ3) is 1.78. The topological polar surface area (TPSA) is 76.4 Å². The Kier molecular flexibility index (Phi) is 2.60. The second-order valence-corrected chi connectivity index (χ2v) is 4.29. The summed E-state index contributed by atoms with van der Waals surface area (Å²) in [6.07, 6.45) is 8.85. The number of hydrogen-bond donors (Lipinski definition) is 2. The SMILES string of the molecule is NCc1cc2nccn2nc1C1=CCCC(O)=C1. The molecule has 2 aromatic rings. The van der Waals surface area contributed by atoms with Crippen molar-refractivity contribution in [3.8, 4) is 0 Å². The fourth-order valence-corrected chi connectivity index (χ4v) is 2.14. The second-order valence-electron chi connectivity index (χ2n) is 4.29. The first-order valence-corrected chi connectivity index (χ1v) is 5.91. The van der Waals surface area contributed by atoms with Gasteiger partial charge in [-0.1, -0.05) is 6.08 Å². The number of imidazole rings is 1. The van der Waals surface area contributed by atoms with Crippen molar-refractivity contribution >= 4 is 11.2 Å². The number of aliphatic hydroxyl groups excluding tert-OH is 1. The molecule has 3 rings (SSSR count). The van der Waals surface area contributed by atoms with Crippen LogP contribution >= 0.6 is 0 Å². The molecule has 0 saturated heterocycles. The third-order valence-electron chi connectivity index (χ3n) is 3.04. The van der Waals surface area contributed by atoms with E-state index in [1.54, 1.807) is 23.0 Å². The van der Waals surface area contributed by atoms with Crippen LogP contribution in [-0.4, -0.2) is 19.7 Å². The Morgan fingerprint density at radius 1 is 1.44 bits per heavy atom. The Bertz CT molecular complexity index is 654. The predicted octanol–water partition coefficient (Wildman–Crippen LogP) is 1.81. The van der Waals surface area contributed by atoms with Gasteiger partial charge in [0.05, 0.1) is 11.5 Å². The molecule has 3 N–H and O–H groups in total. The zero-order valence-electron chi connectivity index (χ0n) is 9.87. The summed E-state index contributed by atoms with van der Waals surface area (Å²) in [5.41, 5.74) is 9.22. The fourth-order valence-electron chi connectivity index (χ4n) is 2.14. The molecular formula is C13H14N4O. The summed E-state index contributed by atoms with van der Waals surface area (Å²) >= 11 is 0. The number of nitrogens with two attached hydrogens (primary N) is 1. The molecule has 0 spiro atoms. The van der Waals surface area contributed by atoms with Crippen LogP contribution in [0.2, 0.25) is 0 Å². The van der Waals surface area contributed by atoms with Crippen LogP contribution in [0.5, 0.6) is 0 Å². The minimum Gasteiger partial charge on any atom is -0.512 e. The molecule has 0 radical (unpaired) electrons. The van der Waals surface area contributed by atoms with E-state index < -0.39 is 0 Å². The summed E-state index contributed by atoms with van der Waals surface area (Å²) in [4.78, 5) is 4.19. The molecule has 5 heteroatoms. The molecule has 2 heterocycles. The van der Waals surface area contributed by atoms with E-state index in [2.05, 4.69) is 16.2 Å². The highest BCUT2D eigenvalue weighted by Gasteiger charge is 2.13.